The van der Waals surface area contributed by atoms with Crippen LogP contribution in [0, 0.1) is 5.92 Å². The van der Waals surface area contributed by atoms with Crippen LogP contribution in [0.25, 0.3) is 0 Å². The van der Waals surface area contributed by atoms with Crippen LogP contribution in [0.1, 0.15) is 37.8 Å². The first-order valence-corrected chi connectivity index (χ1v) is 10.2. The smallest absolute Gasteiger partial charge is 0.411 e. The second-order valence-electron chi connectivity index (χ2n) is 7.52. The lowest BCUT2D eigenvalue weighted by Crippen LogP contribution is -2.31. The molecule has 0 bridgehead atoms. The highest BCUT2D eigenvalue weighted by atomic mass is 16.6. The minimum absolute atomic E-state index is 0.0989. The van der Waals surface area contributed by atoms with Gasteiger partial charge in [0.15, 0.2) is 0 Å². The van der Waals surface area contributed by atoms with Crippen molar-refractivity contribution in [3.63, 3.8) is 0 Å². The Morgan fingerprint density at radius 2 is 1.61 bits per heavy atom. The van der Waals surface area contributed by atoms with Crippen LogP contribution in [-0.4, -0.2) is 31.2 Å². The van der Waals surface area contributed by atoms with E-state index in [-0.39, 0.29) is 19.4 Å². The van der Waals surface area contributed by atoms with E-state index in [0.29, 0.717) is 18.0 Å². The Kier molecular flexibility index (Phi) is 9.55. The van der Waals surface area contributed by atoms with Crippen LogP contribution in [0.3, 0.4) is 0 Å². The molecule has 1 N–H and O–H groups in total. The Hall–Kier alpha value is -3.35. The summed E-state index contributed by atoms with van der Waals surface area (Å²) in [6.45, 7) is 4.13. The molecule has 0 saturated heterocycles. The fourth-order valence-electron chi connectivity index (χ4n) is 2.73. The molecule has 0 aliphatic heterocycles. The third kappa shape index (κ3) is 8.90. The molecule has 1 amide bonds. The number of hydrogen-bond donors (Lipinski definition) is 1. The van der Waals surface area contributed by atoms with E-state index in [2.05, 4.69) is 10.1 Å². The summed E-state index contributed by atoms with van der Waals surface area (Å²) in [5.74, 6) is -0.677. The lowest BCUT2D eigenvalue weighted by atomic mass is 10.1. The molecular formula is C24H29NO6. The number of carbonyl (C=O) groups excluding carboxylic acids is 3. The fraction of sp³-hybridized carbons (Fsp3) is 0.375. The number of carbonyl (C=O) groups is 3. The van der Waals surface area contributed by atoms with E-state index < -0.39 is 24.1 Å². The minimum atomic E-state index is -1.05. The highest BCUT2D eigenvalue weighted by Gasteiger charge is 2.25. The van der Waals surface area contributed by atoms with Crippen LogP contribution in [0.2, 0.25) is 0 Å². The maximum Gasteiger partial charge on any atom is 0.411 e. The van der Waals surface area contributed by atoms with E-state index in [0.717, 1.165) is 11.1 Å². The summed E-state index contributed by atoms with van der Waals surface area (Å²) < 4.78 is 15.4. The highest BCUT2D eigenvalue weighted by Crippen LogP contribution is 2.15. The number of amides is 1. The summed E-state index contributed by atoms with van der Waals surface area (Å²) in [7, 11) is 1.28. The quantitative estimate of drug-likeness (QED) is 0.443. The van der Waals surface area contributed by atoms with Crippen molar-refractivity contribution < 1.29 is 28.6 Å². The van der Waals surface area contributed by atoms with Gasteiger partial charge in [0, 0.05) is 18.5 Å². The zero-order chi connectivity index (χ0) is 22.6. The average Bonchev–Trinajstić information content (AvgIpc) is 2.77. The molecule has 0 heterocycles. The van der Waals surface area contributed by atoms with Crippen molar-refractivity contribution in [1.29, 1.82) is 0 Å². The second-order valence-corrected chi connectivity index (χ2v) is 7.52. The van der Waals surface area contributed by atoms with Crippen molar-refractivity contribution in [3.05, 3.63) is 65.7 Å². The lowest BCUT2D eigenvalue weighted by molar-refractivity contribution is -0.168. The van der Waals surface area contributed by atoms with Gasteiger partial charge < -0.3 is 14.2 Å². The first kappa shape index (κ1) is 23.9. The largest absolute Gasteiger partial charge is 0.458 e. The van der Waals surface area contributed by atoms with E-state index in [1.165, 1.54) is 7.11 Å². The first-order chi connectivity index (χ1) is 14.9. The maximum atomic E-state index is 12.7. The van der Waals surface area contributed by atoms with Crippen molar-refractivity contribution in [2.45, 2.75) is 45.8 Å². The van der Waals surface area contributed by atoms with Gasteiger partial charge in [-0.2, -0.15) is 0 Å². The van der Waals surface area contributed by atoms with Crippen LogP contribution in [0.4, 0.5) is 10.5 Å². The van der Waals surface area contributed by atoms with E-state index >= 15 is 0 Å². The van der Waals surface area contributed by atoms with Crippen LogP contribution < -0.4 is 5.32 Å². The molecule has 0 unspecified atom stereocenters. The number of esters is 2. The predicted octanol–water partition coefficient (Wildman–Crippen LogP) is 4.50. The molecule has 166 valence electrons. The topological polar surface area (TPSA) is 90.9 Å². The number of benzene rings is 2. The normalized spacial score (nSPS) is 11.5. The predicted molar refractivity (Wildman–Crippen MR) is 116 cm³/mol. The van der Waals surface area contributed by atoms with Gasteiger partial charge in [0.2, 0.25) is 6.10 Å². The van der Waals surface area contributed by atoms with Crippen LogP contribution in [0.15, 0.2) is 54.6 Å². The van der Waals surface area contributed by atoms with E-state index in [1.807, 2.05) is 44.2 Å². The van der Waals surface area contributed by atoms with Gasteiger partial charge in [-0.05, 0) is 35.6 Å². The maximum absolute atomic E-state index is 12.7. The standard InChI is InChI=1S/C24H29NO6/c1-17(2)9-14-22(26)31-21(23(27)30-16-19-7-5-4-6-8-19)15-18-10-12-20(13-11-18)25-24(28)29-3/h4-8,10-13,17,21H,9,14-16H2,1-3H3,(H,25,28)/t21-/m1/s1. The van der Waals surface area contributed by atoms with Gasteiger partial charge >= 0.3 is 18.0 Å². The van der Waals surface area contributed by atoms with Crippen molar-refractivity contribution in [2.24, 2.45) is 5.92 Å². The Bertz CT molecular complexity index is 848. The molecule has 31 heavy (non-hydrogen) atoms. The van der Waals surface area contributed by atoms with Crippen LogP contribution in [0.5, 0.6) is 0 Å². The van der Waals surface area contributed by atoms with E-state index in [1.54, 1.807) is 24.3 Å². The second kappa shape index (κ2) is 12.4. The summed E-state index contributed by atoms with van der Waals surface area (Å²) >= 11 is 0. The molecule has 0 radical (unpaired) electrons. The molecule has 0 aliphatic rings. The molecule has 2 aromatic carbocycles. The molecule has 0 spiro atoms. The van der Waals surface area contributed by atoms with E-state index in [9.17, 15) is 14.4 Å². The molecule has 2 aromatic rings. The molecule has 0 fully saturated rings. The first-order valence-electron chi connectivity index (χ1n) is 10.2. The monoisotopic (exact) mass is 427 g/mol. The Balaban J connectivity index is 2.04. The number of anilines is 1. The third-order valence-corrected chi connectivity index (χ3v) is 4.49. The molecule has 7 nitrogen and oxygen atoms in total. The number of ether oxygens (including phenoxy) is 3. The summed E-state index contributed by atoms with van der Waals surface area (Å²) in [5, 5.41) is 2.55. The molecule has 2 rings (SSSR count). The Labute approximate surface area is 182 Å². The summed E-state index contributed by atoms with van der Waals surface area (Å²) in [6, 6.07) is 16.1. The van der Waals surface area contributed by atoms with Gasteiger partial charge in [-0.1, -0.05) is 56.3 Å². The summed E-state index contributed by atoms with van der Waals surface area (Å²) in [6.07, 6.45) is -0.544. The fourth-order valence-corrected chi connectivity index (χ4v) is 2.73. The third-order valence-electron chi connectivity index (χ3n) is 4.49. The van der Waals surface area contributed by atoms with Gasteiger partial charge in [0.05, 0.1) is 7.11 Å². The zero-order valence-electron chi connectivity index (χ0n) is 18.1. The summed E-state index contributed by atoms with van der Waals surface area (Å²) in [5.41, 5.74) is 2.15. The Morgan fingerprint density at radius 1 is 0.935 bits per heavy atom. The highest BCUT2D eigenvalue weighted by molar-refractivity contribution is 5.84. The summed E-state index contributed by atoms with van der Waals surface area (Å²) in [4.78, 5) is 36.2. The van der Waals surface area contributed by atoms with Crippen LogP contribution in [-0.2, 0) is 36.8 Å². The molecular weight excluding hydrogens is 398 g/mol. The molecule has 0 aromatic heterocycles. The van der Waals surface area contributed by atoms with Gasteiger partial charge in [-0.15, -0.1) is 0 Å². The molecule has 0 aliphatic carbocycles. The molecule has 0 saturated carbocycles. The Morgan fingerprint density at radius 3 is 2.23 bits per heavy atom. The number of nitrogens with one attached hydrogen (secondary N) is 1. The number of methoxy groups -OCH3 is 1. The van der Waals surface area contributed by atoms with Gasteiger partial charge in [-0.25, -0.2) is 9.59 Å². The van der Waals surface area contributed by atoms with Crippen molar-refractivity contribution in [2.75, 3.05) is 12.4 Å². The van der Waals surface area contributed by atoms with Gasteiger partial charge in [0.25, 0.3) is 0 Å². The lowest BCUT2D eigenvalue weighted by Gasteiger charge is -2.18. The SMILES string of the molecule is COC(=O)Nc1ccc(C[C@@H](OC(=O)CCC(C)C)C(=O)OCc2ccccc2)cc1. The molecule has 7 heteroatoms. The van der Waals surface area contributed by atoms with Crippen LogP contribution >= 0.6 is 0 Å². The number of hydrogen-bond acceptors (Lipinski definition) is 6. The molecule has 1 atom stereocenters. The van der Waals surface area contributed by atoms with Gasteiger partial charge in [-0.3, -0.25) is 10.1 Å². The van der Waals surface area contributed by atoms with Crippen molar-refractivity contribution in [1.82, 2.24) is 0 Å². The van der Waals surface area contributed by atoms with Crippen molar-refractivity contribution in [3.8, 4) is 0 Å². The van der Waals surface area contributed by atoms with Crippen molar-refractivity contribution >= 4 is 23.7 Å². The minimum Gasteiger partial charge on any atom is -0.458 e. The van der Waals surface area contributed by atoms with E-state index in [4.69, 9.17) is 9.47 Å². The zero-order valence-corrected chi connectivity index (χ0v) is 18.1. The van der Waals surface area contributed by atoms with Gasteiger partial charge in [0.1, 0.15) is 6.61 Å². The number of rotatable bonds is 10. The average molecular weight is 427 g/mol.